The number of para-hydroxylation sites is 1. The molecular formula is C20H27N3O4S. The van der Waals surface area contributed by atoms with Gasteiger partial charge >= 0.3 is 0 Å². The number of hydrogen-bond donors (Lipinski definition) is 3. The highest BCUT2D eigenvalue weighted by molar-refractivity contribution is 7.89. The van der Waals surface area contributed by atoms with Gasteiger partial charge in [0.05, 0.1) is 7.11 Å². The van der Waals surface area contributed by atoms with Crippen molar-refractivity contribution in [1.29, 1.82) is 0 Å². The fourth-order valence-electron chi connectivity index (χ4n) is 2.58. The lowest BCUT2D eigenvalue weighted by Gasteiger charge is -2.14. The summed E-state index contributed by atoms with van der Waals surface area (Å²) in [5.41, 5.74) is 1.29. The van der Waals surface area contributed by atoms with Crippen LogP contribution in [0.3, 0.4) is 0 Å². The quantitative estimate of drug-likeness (QED) is 0.528. The zero-order valence-electron chi connectivity index (χ0n) is 16.4. The zero-order valence-corrected chi connectivity index (χ0v) is 17.2. The zero-order chi connectivity index (χ0) is 20.6. The van der Waals surface area contributed by atoms with Crippen molar-refractivity contribution < 1.29 is 17.9 Å². The Bertz CT molecular complexity index is 884. The predicted octanol–water partition coefficient (Wildman–Crippen LogP) is 2.61. The third-order valence-corrected chi connectivity index (χ3v) is 5.53. The molecule has 152 valence electrons. The van der Waals surface area contributed by atoms with Crippen molar-refractivity contribution in [3.63, 3.8) is 0 Å². The van der Waals surface area contributed by atoms with Gasteiger partial charge in [-0.3, -0.25) is 4.79 Å². The van der Waals surface area contributed by atoms with Gasteiger partial charge in [-0.05, 0) is 50.6 Å². The number of rotatable bonds is 10. The fraction of sp³-hybridized carbons (Fsp3) is 0.350. The highest BCUT2D eigenvalue weighted by Crippen LogP contribution is 2.25. The minimum Gasteiger partial charge on any atom is -0.495 e. The van der Waals surface area contributed by atoms with Crippen LogP contribution in [0, 0.1) is 0 Å². The molecule has 0 heterocycles. The van der Waals surface area contributed by atoms with Crippen molar-refractivity contribution in [3.05, 3.63) is 54.1 Å². The largest absolute Gasteiger partial charge is 0.495 e. The molecule has 2 aromatic carbocycles. The first-order valence-electron chi connectivity index (χ1n) is 9.11. The van der Waals surface area contributed by atoms with E-state index in [1.165, 1.54) is 19.2 Å². The Labute approximate surface area is 166 Å². The van der Waals surface area contributed by atoms with E-state index < -0.39 is 10.0 Å². The summed E-state index contributed by atoms with van der Waals surface area (Å²) in [5.74, 6) is -0.139. The summed E-state index contributed by atoms with van der Waals surface area (Å²) < 4.78 is 32.6. The van der Waals surface area contributed by atoms with Crippen LogP contribution < -0.4 is 20.1 Å². The van der Waals surface area contributed by atoms with Gasteiger partial charge in [0.1, 0.15) is 10.6 Å². The third kappa shape index (κ3) is 6.24. The molecule has 0 saturated heterocycles. The number of carbonyl (C=O) groups excluding carboxylic acids is 1. The summed E-state index contributed by atoms with van der Waals surface area (Å²) in [7, 11) is -2.39. The molecule has 0 spiro atoms. The highest BCUT2D eigenvalue weighted by Gasteiger charge is 2.22. The van der Waals surface area contributed by atoms with Crippen molar-refractivity contribution in [2.75, 3.05) is 25.5 Å². The Morgan fingerprint density at radius 2 is 1.79 bits per heavy atom. The van der Waals surface area contributed by atoms with Crippen LogP contribution in [0.4, 0.5) is 5.69 Å². The van der Waals surface area contributed by atoms with Gasteiger partial charge in [0.15, 0.2) is 0 Å². The van der Waals surface area contributed by atoms with E-state index in [4.69, 9.17) is 4.74 Å². The molecular weight excluding hydrogens is 378 g/mol. The van der Waals surface area contributed by atoms with Crippen LogP contribution in [0.2, 0.25) is 0 Å². The molecule has 2 aromatic rings. The van der Waals surface area contributed by atoms with Gasteiger partial charge in [0, 0.05) is 30.4 Å². The molecule has 0 aliphatic carbocycles. The van der Waals surface area contributed by atoms with Crippen LogP contribution in [0.1, 0.15) is 30.6 Å². The summed E-state index contributed by atoms with van der Waals surface area (Å²) in [4.78, 5) is 12.3. The number of amides is 1. The van der Waals surface area contributed by atoms with Gasteiger partial charge in [-0.15, -0.1) is 0 Å². The minimum atomic E-state index is -3.78. The molecule has 8 heteroatoms. The second-order valence-corrected chi connectivity index (χ2v) is 8.23. The number of anilines is 1. The SMILES string of the molecule is COc1ccc(C(=O)NCCCNc2ccccc2)cc1S(=O)(=O)NC(C)C. The topological polar surface area (TPSA) is 96.5 Å². The molecule has 0 aromatic heterocycles. The second kappa shape index (κ2) is 10.1. The molecule has 0 bridgehead atoms. The molecule has 2 rings (SSSR count). The summed E-state index contributed by atoms with van der Waals surface area (Å²) in [6.45, 7) is 4.63. The van der Waals surface area contributed by atoms with Gasteiger partial charge in [0.25, 0.3) is 5.91 Å². The van der Waals surface area contributed by atoms with Gasteiger partial charge in [-0.25, -0.2) is 13.1 Å². The van der Waals surface area contributed by atoms with E-state index in [1.807, 2.05) is 30.3 Å². The Morgan fingerprint density at radius 3 is 2.43 bits per heavy atom. The smallest absolute Gasteiger partial charge is 0.251 e. The van der Waals surface area contributed by atoms with Crippen molar-refractivity contribution in [3.8, 4) is 5.75 Å². The van der Waals surface area contributed by atoms with E-state index in [1.54, 1.807) is 19.9 Å². The lowest BCUT2D eigenvalue weighted by molar-refractivity contribution is 0.0953. The van der Waals surface area contributed by atoms with E-state index >= 15 is 0 Å². The summed E-state index contributed by atoms with van der Waals surface area (Å²) >= 11 is 0. The maximum absolute atomic E-state index is 12.5. The van der Waals surface area contributed by atoms with E-state index in [-0.39, 0.29) is 28.2 Å². The van der Waals surface area contributed by atoms with Crippen LogP contribution >= 0.6 is 0 Å². The molecule has 7 nitrogen and oxygen atoms in total. The molecule has 0 fully saturated rings. The van der Waals surface area contributed by atoms with Gasteiger partial charge in [-0.2, -0.15) is 0 Å². The van der Waals surface area contributed by atoms with Crippen LogP contribution in [0.5, 0.6) is 5.75 Å². The standard InChI is InChI=1S/C20H27N3O4S/c1-15(2)23-28(25,26)19-14-16(10-11-18(19)27-3)20(24)22-13-7-12-21-17-8-5-4-6-9-17/h4-6,8-11,14-15,21,23H,7,12-13H2,1-3H3,(H,22,24). The van der Waals surface area contributed by atoms with Crippen LogP contribution in [-0.2, 0) is 10.0 Å². The van der Waals surface area contributed by atoms with E-state index in [9.17, 15) is 13.2 Å². The highest BCUT2D eigenvalue weighted by atomic mass is 32.2. The van der Waals surface area contributed by atoms with E-state index in [0.29, 0.717) is 13.1 Å². The summed E-state index contributed by atoms with van der Waals surface area (Å²) in [6, 6.07) is 13.9. The van der Waals surface area contributed by atoms with Crippen molar-refractivity contribution >= 4 is 21.6 Å². The van der Waals surface area contributed by atoms with Gasteiger partial charge in [-0.1, -0.05) is 18.2 Å². The van der Waals surface area contributed by atoms with Crippen molar-refractivity contribution in [1.82, 2.24) is 10.0 Å². The molecule has 0 aliphatic heterocycles. The molecule has 1 amide bonds. The molecule has 0 aliphatic rings. The normalized spacial score (nSPS) is 11.3. The number of ether oxygens (including phenoxy) is 1. The first-order chi connectivity index (χ1) is 13.3. The molecule has 0 radical (unpaired) electrons. The predicted molar refractivity (Wildman–Crippen MR) is 110 cm³/mol. The molecule has 3 N–H and O–H groups in total. The maximum Gasteiger partial charge on any atom is 0.251 e. The van der Waals surface area contributed by atoms with Crippen LogP contribution in [-0.4, -0.2) is 40.6 Å². The number of nitrogens with one attached hydrogen (secondary N) is 3. The second-order valence-electron chi connectivity index (χ2n) is 6.54. The number of methoxy groups -OCH3 is 1. The van der Waals surface area contributed by atoms with E-state index in [2.05, 4.69) is 15.4 Å². The Hall–Kier alpha value is -2.58. The third-order valence-electron chi connectivity index (χ3n) is 3.85. The van der Waals surface area contributed by atoms with Gasteiger partial charge < -0.3 is 15.4 Å². The number of sulfonamides is 1. The van der Waals surface area contributed by atoms with E-state index in [0.717, 1.165) is 12.1 Å². The fourth-order valence-corrected chi connectivity index (χ4v) is 4.03. The number of carbonyl (C=O) groups is 1. The minimum absolute atomic E-state index is 0.0536. The first kappa shape index (κ1) is 21.7. The molecule has 0 atom stereocenters. The molecule has 28 heavy (non-hydrogen) atoms. The molecule has 0 saturated carbocycles. The Morgan fingerprint density at radius 1 is 1.07 bits per heavy atom. The Kier molecular flexibility index (Phi) is 7.83. The van der Waals surface area contributed by atoms with Crippen molar-refractivity contribution in [2.24, 2.45) is 0 Å². The summed E-state index contributed by atoms with van der Waals surface area (Å²) in [6.07, 6.45) is 0.733. The van der Waals surface area contributed by atoms with Crippen LogP contribution in [0.25, 0.3) is 0 Å². The van der Waals surface area contributed by atoms with Gasteiger partial charge in [0.2, 0.25) is 10.0 Å². The lowest BCUT2D eigenvalue weighted by Crippen LogP contribution is -2.31. The summed E-state index contributed by atoms with van der Waals surface area (Å²) in [5, 5.41) is 6.07. The van der Waals surface area contributed by atoms with Crippen LogP contribution in [0.15, 0.2) is 53.4 Å². The number of hydrogen-bond acceptors (Lipinski definition) is 5. The van der Waals surface area contributed by atoms with Crippen molar-refractivity contribution in [2.45, 2.75) is 31.2 Å². The first-order valence-corrected chi connectivity index (χ1v) is 10.6. The number of benzene rings is 2. The lowest BCUT2D eigenvalue weighted by atomic mass is 10.2. The maximum atomic E-state index is 12.5. The average molecular weight is 406 g/mol. The average Bonchev–Trinajstić information content (AvgIpc) is 2.67. The monoisotopic (exact) mass is 405 g/mol. The Balaban J connectivity index is 1.96. The molecule has 0 unspecified atom stereocenters.